The fourth-order valence-corrected chi connectivity index (χ4v) is 1.80. The molecule has 4 heteroatoms. The summed E-state index contributed by atoms with van der Waals surface area (Å²) in [7, 11) is 0. The first-order chi connectivity index (χ1) is 8.72. The molecule has 3 nitrogen and oxygen atoms in total. The van der Waals surface area contributed by atoms with Crippen LogP contribution in [0.2, 0.25) is 0 Å². The minimum Gasteiger partial charge on any atom is -0.355 e. The van der Waals surface area contributed by atoms with E-state index in [9.17, 15) is 4.39 Å². The van der Waals surface area contributed by atoms with E-state index in [1.165, 1.54) is 6.07 Å². The van der Waals surface area contributed by atoms with Crippen LogP contribution < -0.4 is 5.32 Å². The predicted molar refractivity (Wildman–Crippen MR) is 71.7 cm³/mol. The van der Waals surface area contributed by atoms with Crippen LogP contribution in [0, 0.1) is 12.7 Å². The van der Waals surface area contributed by atoms with Gasteiger partial charge in [0, 0.05) is 24.6 Å². The van der Waals surface area contributed by atoms with Gasteiger partial charge in [-0.05, 0) is 37.1 Å². The lowest BCUT2D eigenvalue weighted by Gasteiger charge is -2.10. The van der Waals surface area contributed by atoms with Crippen LogP contribution in [-0.2, 0) is 0 Å². The van der Waals surface area contributed by atoms with E-state index in [-0.39, 0.29) is 5.82 Å². The number of hydrogen-bond acceptors (Lipinski definition) is 2. The van der Waals surface area contributed by atoms with E-state index in [1.807, 2.05) is 16.8 Å². The number of imidazole rings is 1. The van der Waals surface area contributed by atoms with Crippen molar-refractivity contribution in [3.8, 4) is 5.69 Å². The van der Waals surface area contributed by atoms with E-state index in [1.54, 1.807) is 19.2 Å². The summed E-state index contributed by atoms with van der Waals surface area (Å²) in [4.78, 5) is 4.27. The van der Waals surface area contributed by atoms with Crippen LogP contribution >= 0.6 is 0 Å². The van der Waals surface area contributed by atoms with E-state index in [0.29, 0.717) is 5.56 Å². The highest BCUT2D eigenvalue weighted by atomic mass is 19.1. The topological polar surface area (TPSA) is 29.9 Å². The summed E-state index contributed by atoms with van der Waals surface area (Å²) in [6, 6.07) is 5.07. The Balaban J connectivity index is 2.22. The van der Waals surface area contributed by atoms with Gasteiger partial charge in [0.1, 0.15) is 5.82 Å². The van der Waals surface area contributed by atoms with Crippen molar-refractivity contribution in [1.29, 1.82) is 0 Å². The molecule has 0 aliphatic heterocycles. The summed E-state index contributed by atoms with van der Waals surface area (Å²) in [5.74, 6) is 0.619. The third-order valence-corrected chi connectivity index (χ3v) is 2.87. The third kappa shape index (κ3) is 2.70. The molecule has 1 aromatic heterocycles. The number of unbranched alkanes of at least 4 members (excludes halogenated alkanes) is 1. The second kappa shape index (κ2) is 5.67. The third-order valence-electron chi connectivity index (χ3n) is 2.87. The molecule has 0 aliphatic rings. The molecule has 0 radical (unpaired) electrons. The number of anilines is 1. The SMILES string of the molecule is CCCCNc1nccn1-c1ccc(F)c(C)c1. The number of hydrogen-bond donors (Lipinski definition) is 1. The van der Waals surface area contributed by atoms with Crippen molar-refractivity contribution in [2.75, 3.05) is 11.9 Å². The lowest BCUT2D eigenvalue weighted by atomic mass is 10.2. The lowest BCUT2D eigenvalue weighted by Crippen LogP contribution is -2.07. The minimum atomic E-state index is -0.181. The molecule has 96 valence electrons. The van der Waals surface area contributed by atoms with Crippen LogP contribution in [0.4, 0.5) is 10.3 Å². The molecule has 2 rings (SSSR count). The van der Waals surface area contributed by atoms with Gasteiger partial charge in [-0.15, -0.1) is 0 Å². The Kier molecular flexibility index (Phi) is 3.97. The smallest absolute Gasteiger partial charge is 0.207 e. The van der Waals surface area contributed by atoms with Crippen LogP contribution in [0.5, 0.6) is 0 Å². The molecule has 0 unspecified atom stereocenters. The van der Waals surface area contributed by atoms with Gasteiger partial charge in [0.25, 0.3) is 0 Å². The second-order valence-corrected chi connectivity index (χ2v) is 4.33. The van der Waals surface area contributed by atoms with E-state index in [0.717, 1.165) is 31.0 Å². The second-order valence-electron chi connectivity index (χ2n) is 4.33. The average Bonchev–Trinajstić information content (AvgIpc) is 2.81. The quantitative estimate of drug-likeness (QED) is 0.819. The number of halogens is 1. The lowest BCUT2D eigenvalue weighted by molar-refractivity contribution is 0.618. The number of nitrogens with one attached hydrogen (secondary N) is 1. The van der Waals surface area contributed by atoms with Gasteiger partial charge in [-0.2, -0.15) is 0 Å². The first-order valence-electron chi connectivity index (χ1n) is 6.26. The van der Waals surface area contributed by atoms with Crippen LogP contribution in [0.15, 0.2) is 30.6 Å². The van der Waals surface area contributed by atoms with Crippen molar-refractivity contribution in [3.63, 3.8) is 0 Å². The number of rotatable bonds is 5. The van der Waals surface area contributed by atoms with Crippen molar-refractivity contribution in [2.45, 2.75) is 26.7 Å². The fraction of sp³-hybridized carbons (Fsp3) is 0.357. The number of aromatic nitrogens is 2. The maximum atomic E-state index is 13.2. The zero-order chi connectivity index (χ0) is 13.0. The zero-order valence-corrected chi connectivity index (χ0v) is 10.8. The monoisotopic (exact) mass is 247 g/mol. The number of benzene rings is 1. The highest BCUT2D eigenvalue weighted by Gasteiger charge is 2.06. The van der Waals surface area contributed by atoms with Gasteiger partial charge in [0.2, 0.25) is 5.95 Å². The van der Waals surface area contributed by atoms with Crippen LogP contribution in [0.25, 0.3) is 5.69 Å². The summed E-state index contributed by atoms with van der Waals surface area (Å²) in [6.07, 6.45) is 5.87. The summed E-state index contributed by atoms with van der Waals surface area (Å²) < 4.78 is 15.2. The number of nitrogens with zero attached hydrogens (tertiary/aromatic N) is 2. The Morgan fingerprint density at radius 1 is 1.39 bits per heavy atom. The molecule has 1 aromatic carbocycles. The summed E-state index contributed by atoms with van der Waals surface area (Å²) in [5, 5.41) is 3.28. The highest BCUT2D eigenvalue weighted by molar-refractivity contribution is 5.43. The Bertz CT molecular complexity index is 520. The molecule has 1 N–H and O–H groups in total. The molecular formula is C14H18FN3. The molecule has 0 saturated carbocycles. The van der Waals surface area contributed by atoms with Crippen LogP contribution in [-0.4, -0.2) is 16.1 Å². The van der Waals surface area contributed by atoms with E-state index in [2.05, 4.69) is 17.2 Å². The Morgan fingerprint density at radius 2 is 2.22 bits per heavy atom. The molecule has 18 heavy (non-hydrogen) atoms. The summed E-state index contributed by atoms with van der Waals surface area (Å²) in [6.45, 7) is 4.81. The molecule has 0 fully saturated rings. The normalized spacial score (nSPS) is 10.6. The Labute approximate surface area is 107 Å². The molecular weight excluding hydrogens is 229 g/mol. The van der Waals surface area contributed by atoms with Crippen LogP contribution in [0.3, 0.4) is 0 Å². The van der Waals surface area contributed by atoms with Crippen molar-refractivity contribution >= 4 is 5.95 Å². The molecule has 0 atom stereocenters. The maximum absolute atomic E-state index is 13.2. The van der Waals surface area contributed by atoms with E-state index < -0.39 is 0 Å². The first-order valence-corrected chi connectivity index (χ1v) is 6.26. The summed E-state index contributed by atoms with van der Waals surface area (Å²) >= 11 is 0. The van der Waals surface area contributed by atoms with Crippen LogP contribution in [0.1, 0.15) is 25.3 Å². The Hall–Kier alpha value is -1.84. The van der Waals surface area contributed by atoms with Crippen molar-refractivity contribution in [2.24, 2.45) is 0 Å². The number of aryl methyl sites for hydroxylation is 1. The Morgan fingerprint density at radius 3 is 2.94 bits per heavy atom. The van der Waals surface area contributed by atoms with Crippen molar-refractivity contribution in [3.05, 3.63) is 42.0 Å². The zero-order valence-electron chi connectivity index (χ0n) is 10.8. The minimum absolute atomic E-state index is 0.181. The van der Waals surface area contributed by atoms with Gasteiger partial charge in [-0.3, -0.25) is 4.57 Å². The molecule has 0 amide bonds. The van der Waals surface area contributed by atoms with E-state index in [4.69, 9.17) is 0 Å². The predicted octanol–water partition coefficient (Wildman–Crippen LogP) is 3.53. The fourth-order valence-electron chi connectivity index (χ4n) is 1.80. The van der Waals surface area contributed by atoms with E-state index >= 15 is 0 Å². The summed E-state index contributed by atoms with van der Waals surface area (Å²) in [5.41, 5.74) is 1.56. The van der Waals surface area contributed by atoms with Crippen molar-refractivity contribution in [1.82, 2.24) is 9.55 Å². The first kappa shape index (κ1) is 12.6. The van der Waals surface area contributed by atoms with Gasteiger partial charge >= 0.3 is 0 Å². The maximum Gasteiger partial charge on any atom is 0.207 e. The molecule has 0 spiro atoms. The highest BCUT2D eigenvalue weighted by Crippen LogP contribution is 2.17. The largest absolute Gasteiger partial charge is 0.355 e. The molecule has 1 heterocycles. The molecule has 0 saturated heterocycles. The van der Waals surface area contributed by atoms with Gasteiger partial charge in [0.15, 0.2) is 0 Å². The average molecular weight is 247 g/mol. The standard InChI is InChI=1S/C14H18FN3/c1-3-4-7-16-14-17-8-9-18(14)12-5-6-13(15)11(2)10-12/h5-6,8-10H,3-4,7H2,1-2H3,(H,16,17). The van der Waals surface area contributed by atoms with Gasteiger partial charge in [-0.1, -0.05) is 13.3 Å². The molecule has 0 aliphatic carbocycles. The van der Waals surface area contributed by atoms with Gasteiger partial charge in [-0.25, -0.2) is 9.37 Å². The molecule has 0 bridgehead atoms. The molecule has 2 aromatic rings. The van der Waals surface area contributed by atoms with Crippen molar-refractivity contribution < 1.29 is 4.39 Å². The van der Waals surface area contributed by atoms with Gasteiger partial charge < -0.3 is 5.32 Å². The van der Waals surface area contributed by atoms with Gasteiger partial charge in [0.05, 0.1) is 0 Å².